The summed E-state index contributed by atoms with van der Waals surface area (Å²) < 4.78 is 5.67. The monoisotopic (exact) mass is 211 g/mol. The van der Waals surface area contributed by atoms with Gasteiger partial charge >= 0.3 is 0 Å². The normalized spacial score (nSPS) is 32.9. The fourth-order valence-corrected chi connectivity index (χ4v) is 2.67. The number of morpholine rings is 1. The number of carbonyl (C=O) groups is 1. The Morgan fingerprint density at radius 3 is 2.87 bits per heavy atom. The van der Waals surface area contributed by atoms with Crippen LogP contribution in [-0.4, -0.2) is 42.0 Å². The lowest BCUT2D eigenvalue weighted by molar-refractivity contribution is -0.135. The Bertz CT molecular complexity index is 250. The third-order valence-electron chi connectivity index (χ3n) is 3.42. The largest absolute Gasteiger partial charge is 0.373 e. The molecule has 3 nitrogen and oxygen atoms in total. The molecule has 2 rings (SSSR count). The zero-order valence-electron chi connectivity index (χ0n) is 9.79. The third-order valence-corrected chi connectivity index (χ3v) is 3.42. The first-order valence-corrected chi connectivity index (χ1v) is 5.99. The van der Waals surface area contributed by atoms with Crippen LogP contribution in [0.15, 0.2) is 0 Å². The fraction of sp³-hybridized carbons (Fsp3) is 0.917. The van der Waals surface area contributed by atoms with Crippen LogP contribution in [0.1, 0.15) is 39.5 Å². The second-order valence-electron chi connectivity index (χ2n) is 5.31. The molecule has 1 saturated carbocycles. The van der Waals surface area contributed by atoms with Crippen LogP contribution in [0.2, 0.25) is 0 Å². The Morgan fingerprint density at radius 2 is 2.20 bits per heavy atom. The smallest absolute Gasteiger partial charge is 0.149 e. The molecule has 1 atom stereocenters. The Morgan fingerprint density at radius 1 is 1.40 bits per heavy atom. The summed E-state index contributed by atoms with van der Waals surface area (Å²) in [4.78, 5) is 14.1. The molecular formula is C12H21NO2. The minimum Gasteiger partial charge on any atom is -0.373 e. The average molecular weight is 211 g/mol. The molecule has 1 heterocycles. The Labute approximate surface area is 91.8 Å². The first-order valence-electron chi connectivity index (χ1n) is 5.99. The molecule has 0 spiro atoms. The van der Waals surface area contributed by atoms with Gasteiger partial charge < -0.3 is 4.74 Å². The van der Waals surface area contributed by atoms with E-state index in [1.807, 2.05) is 0 Å². The maximum Gasteiger partial charge on any atom is 0.149 e. The molecule has 1 aliphatic heterocycles. The van der Waals surface area contributed by atoms with Crippen molar-refractivity contribution in [3.8, 4) is 0 Å². The minimum absolute atomic E-state index is 0.0873. The molecule has 0 N–H and O–H groups in total. The van der Waals surface area contributed by atoms with Gasteiger partial charge in [0, 0.05) is 19.5 Å². The molecule has 2 fully saturated rings. The molecule has 1 saturated heterocycles. The zero-order chi connectivity index (χ0) is 10.9. The van der Waals surface area contributed by atoms with Crippen molar-refractivity contribution in [3.63, 3.8) is 0 Å². The van der Waals surface area contributed by atoms with E-state index in [1.54, 1.807) is 0 Å². The van der Waals surface area contributed by atoms with Gasteiger partial charge in [-0.1, -0.05) is 6.42 Å². The van der Waals surface area contributed by atoms with Crippen molar-refractivity contribution in [2.24, 2.45) is 0 Å². The number of hydrogen-bond donors (Lipinski definition) is 0. The summed E-state index contributed by atoms with van der Waals surface area (Å²) in [6.45, 7) is 6.78. The van der Waals surface area contributed by atoms with E-state index in [0.717, 1.165) is 39.0 Å². The van der Waals surface area contributed by atoms with Crippen LogP contribution < -0.4 is 0 Å². The third kappa shape index (κ3) is 2.58. The molecule has 0 bridgehead atoms. The van der Waals surface area contributed by atoms with Crippen LogP contribution in [0.5, 0.6) is 0 Å². The lowest BCUT2D eigenvalue weighted by Gasteiger charge is -2.42. The number of ether oxygens (including phenoxy) is 1. The first kappa shape index (κ1) is 11.1. The van der Waals surface area contributed by atoms with Gasteiger partial charge in [-0.2, -0.15) is 0 Å². The maximum atomic E-state index is 11.8. The van der Waals surface area contributed by atoms with Crippen molar-refractivity contribution < 1.29 is 9.53 Å². The van der Waals surface area contributed by atoms with Crippen LogP contribution >= 0.6 is 0 Å². The van der Waals surface area contributed by atoms with Gasteiger partial charge in [-0.05, 0) is 26.7 Å². The van der Waals surface area contributed by atoms with Crippen LogP contribution in [0.4, 0.5) is 0 Å². The van der Waals surface area contributed by atoms with Gasteiger partial charge in [-0.3, -0.25) is 9.69 Å². The first-order chi connectivity index (χ1) is 7.08. The Hall–Kier alpha value is -0.410. The molecule has 2 aliphatic rings. The number of Topliss-reactive ketones (excluding diaryl/α,β-unsaturated/α-hetero) is 1. The molecule has 1 aliphatic carbocycles. The van der Waals surface area contributed by atoms with Crippen molar-refractivity contribution >= 4 is 5.78 Å². The van der Waals surface area contributed by atoms with Crippen LogP contribution in [0.25, 0.3) is 0 Å². The van der Waals surface area contributed by atoms with E-state index in [-0.39, 0.29) is 11.6 Å². The van der Waals surface area contributed by atoms with E-state index in [9.17, 15) is 4.79 Å². The SMILES string of the molecule is CC1(C)CN(C2CCCCC2=O)CCO1. The van der Waals surface area contributed by atoms with Gasteiger partial charge in [0.2, 0.25) is 0 Å². The number of ketones is 1. The van der Waals surface area contributed by atoms with Gasteiger partial charge in [0.1, 0.15) is 5.78 Å². The van der Waals surface area contributed by atoms with Crippen molar-refractivity contribution in [1.29, 1.82) is 0 Å². The predicted molar refractivity (Wildman–Crippen MR) is 58.9 cm³/mol. The second kappa shape index (κ2) is 4.22. The lowest BCUT2D eigenvalue weighted by atomic mass is 9.91. The van der Waals surface area contributed by atoms with E-state index in [4.69, 9.17) is 4.74 Å². The van der Waals surface area contributed by atoms with Crippen LogP contribution in [0.3, 0.4) is 0 Å². The molecule has 0 radical (unpaired) electrons. The topological polar surface area (TPSA) is 29.5 Å². The molecule has 0 aromatic heterocycles. The van der Waals surface area contributed by atoms with Crippen molar-refractivity contribution in [3.05, 3.63) is 0 Å². The molecule has 1 unspecified atom stereocenters. The van der Waals surface area contributed by atoms with Crippen molar-refractivity contribution in [2.45, 2.75) is 51.2 Å². The highest BCUT2D eigenvalue weighted by molar-refractivity contribution is 5.84. The zero-order valence-corrected chi connectivity index (χ0v) is 9.79. The molecule has 86 valence electrons. The van der Waals surface area contributed by atoms with E-state index in [0.29, 0.717) is 5.78 Å². The number of carbonyl (C=O) groups excluding carboxylic acids is 1. The molecule has 3 heteroatoms. The summed E-state index contributed by atoms with van der Waals surface area (Å²) in [5, 5.41) is 0. The number of hydrogen-bond acceptors (Lipinski definition) is 3. The molecule has 0 aromatic carbocycles. The van der Waals surface area contributed by atoms with E-state index in [1.165, 1.54) is 6.42 Å². The van der Waals surface area contributed by atoms with Gasteiger partial charge in [-0.25, -0.2) is 0 Å². The predicted octanol–water partition coefficient (Wildman–Crippen LogP) is 1.61. The highest BCUT2D eigenvalue weighted by Gasteiger charge is 2.35. The molecule has 15 heavy (non-hydrogen) atoms. The highest BCUT2D eigenvalue weighted by Crippen LogP contribution is 2.24. The van der Waals surface area contributed by atoms with Crippen molar-refractivity contribution in [1.82, 2.24) is 4.90 Å². The van der Waals surface area contributed by atoms with E-state index >= 15 is 0 Å². The number of nitrogens with zero attached hydrogens (tertiary/aromatic N) is 1. The van der Waals surface area contributed by atoms with Gasteiger partial charge in [0.15, 0.2) is 0 Å². The van der Waals surface area contributed by atoms with Crippen molar-refractivity contribution in [2.75, 3.05) is 19.7 Å². The molecular weight excluding hydrogens is 190 g/mol. The number of rotatable bonds is 1. The summed E-state index contributed by atoms with van der Waals surface area (Å²) >= 11 is 0. The summed E-state index contributed by atoms with van der Waals surface area (Å²) in [5.41, 5.74) is -0.0873. The fourth-order valence-electron chi connectivity index (χ4n) is 2.67. The minimum atomic E-state index is -0.0873. The van der Waals surface area contributed by atoms with Crippen LogP contribution in [-0.2, 0) is 9.53 Å². The molecule has 0 amide bonds. The Kier molecular flexibility index (Phi) is 3.12. The Balaban J connectivity index is 2.00. The van der Waals surface area contributed by atoms with Gasteiger partial charge in [0.05, 0.1) is 18.2 Å². The quantitative estimate of drug-likeness (QED) is 0.660. The average Bonchev–Trinajstić information content (AvgIpc) is 2.17. The summed E-state index contributed by atoms with van der Waals surface area (Å²) in [6, 6.07) is 0.182. The van der Waals surface area contributed by atoms with Gasteiger partial charge in [0.25, 0.3) is 0 Å². The van der Waals surface area contributed by atoms with Crippen LogP contribution in [0, 0.1) is 0 Å². The summed E-state index contributed by atoms with van der Waals surface area (Å²) in [6.07, 6.45) is 4.12. The maximum absolute atomic E-state index is 11.8. The van der Waals surface area contributed by atoms with E-state index < -0.39 is 0 Å². The summed E-state index contributed by atoms with van der Waals surface area (Å²) in [7, 11) is 0. The highest BCUT2D eigenvalue weighted by atomic mass is 16.5. The second-order valence-corrected chi connectivity index (χ2v) is 5.31. The lowest BCUT2D eigenvalue weighted by Crippen LogP contribution is -2.54. The standard InChI is InChI=1S/C12H21NO2/c1-12(2)9-13(7-8-15-12)10-5-3-4-6-11(10)14/h10H,3-9H2,1-2H3. The summed E-state index contributed by atoms with van der Waals surface area (Å²) in [5.74, 6) is 0.443. The molecule has 0 aromatic rings. The van der Waals surface area contributed by atoms with E-state index in [2.05, 4.69) is 18.7 Å². The van der Waals surface area contributed by atoms with Gasteiger partial charge in [-0.15, -0.1) is 0 Å².